The van der Waals surface area contributed by atoms with Gasteiger partial charge in [0, 0.05) is 13.1 Å². The van der Waals surface area contributed by atoms with Gasteiger partial charge in [-0.25, -0.2) is 9.59 Å². The van der Waals surface area contributed by atoms with Crippen LogP contribution in [-0.2, 0) is 0 Å². The first-order chi connectivity index (χ1) is 9.79. The maximum atomic E-state index is 12.2. The van der Waals surface area contributed by atoms with Gasteiger partial charge >= 0.3 is 12.0 Å². The summed E-state index contributed by atoms with van der Waals surface area (Å²) in [6.07, 6.45) is 0. The largest absolute Gasteiger partial charge is 0.478 e. The van der Waals surface area contributed by atoms with E-state index in [-0.39, 0.29) is 27.3 Å². The van der Waals surface area contributed by atoms with Gasteiger partial charge < -0.3 is 15.3 Å². The molecule has 0 aromatic heterocycles. The topological polar surface area (TPSA) is 69.6 Å². The number of likely N-dealkylation sites (tertiary alicyclic amines) is 1. The molecule has 2 N–H and O–H groups in total. The Bertz CT molecular complexity index is 559. The van der Waals surface area contributed by atoms with Crippen molar-refractivity contribution in [2.24, 2.45) is 11.8 Å². The van der Waals surface area contributed by atoms with Gasteiger partial charge in [-0.3, -0.25) is 0 Å². The number of benzene rings is 1. The van der Waals surface area contributed by atoms with Crippen LogP contribution in [0.15, 0.2) is 12.1 Å². The lowest BCUT2D eigenvalue weighted by atomic mass is 10.0. The van der Waals surface area contributed by atoms with Crippen molar-refractivity contribution in [3.8, 4) is 0 Å². The Labute approximate surface area is 132 Å². The molecule has 21 heavy (non-hydrogen) atoms. The van der Waals surface area contributed by atoms with E-state index in [4.69, 9.17) is 28.3 Å². The highest BCUT2D eigenvalue weighted by molar-refractivity contribution is 6.40. The Balaban J connectivity index is 2.17. The third-order valence-electron chi connectivity index (χ3n) is 3.80. The molecule has 1 fully saturated rings. The fourth-order valence-corrected chi connectivity index (χ4v) is 2.88. The molecule has 2 amide bonds. The SMILES string of the molecule is CC1CN(C(=O)Nc2c(Cl)cc(C(=O)O)cc2Cl)CC1C. The maximum absolute atomic E-state index is 12.2. The van der Waals surface area contributed by atoms with Crippen molar-refractivity contribution in [1.82, 2.24) is 4.90 Å². The van der Waals surface area contributed by atoms with Gasteiger partial charge in [0.2, 0.25) is 0 Å². The van der Waals surface area contributed by atoms with E-state index in [1.165, 1.54) is 12.1 Å². The fourth-order valence-electron chi connectivity index (χ4n) is 2.30. The molecule has 1 aromatic carbocycles. The molecule has 0 spiro atoms. The summed E-state index contributed by atoms with van der Waals surface area (Å²) in [5.41, 5.74) is 0.215. The Morgan fingerprint density at radius 3 is 2.10 bits per heavy atom. The second-order valence-corrected chi connectivity index (χ2v) is 6.22. The van der Waals surface area contributed by atoms with Gasteiger partial charge in [-0.1, -0.05) is 37.0 Å². The first-order valence-electron chi connectivity index (χ1n) is 6.58. The Morgan fingerprint density at radius 2 is 1.67 bits per heavy atom. The number of halogens is 2. The molecular weight excluding hydrogens is 315 g/mol. The van der Waals surface area contributed by atoms with Crippen molar-refractivity contribution in [3.63, 3.8) is 0 Å². The highest BCUT2D eigenvalue weighted by atomic mass is 35.5. The van der Waals surface area contributed by atoms with Gasteiger partial charge in [-0.2, -0.15) is 0 Å². The van der Waals surface area contributed by atoms with E-state index < -0.39 is 5.97 Å². The Kier molecular flexibility index (Phi) is 4.64. The van der Waals surface area contributed by atoms with Crippen LogP contribution in [0.1, 0.15) is 24.2 Å². The molecule has 1 heterocycles. The number of rotatable bonds is 2. The maximum Gasteiger partial charge on any atom is 0.335 e. The number of carbonyl (C=O) groups is 2. The van der Waals surface area contributed by atoms with Crippen LogP contribution in [0.3, 0.4) is 0 Å². The molecule has 5 nitrogen and oxygen atoms in total. The Hall–Kier alpha value is -1.46. The highest BCUT2D eigenvalue weighted by Gasteiger charge is 2.30. The predicted molar refractivity (Wildman–Crippen MR) is 82.3 cm³/mol. The van der Waals surface area contributed by atoms with Crippen LogP contribution in [0.2, 0.25) is 10.0 Å². The zero-order chi connectivity index (χ0) is 15.7. The van der Waals surface area contributed by atoms with Gasteiger partial charge in [-0.05, 0) is 24.0 Å². The van der Waals surface area contributed by atoms with Gasteiger partial charge in [0.1, 0.15) is 0 Å². The summed E-state index contributed by atoms with van der Waals surface area (Å²) in [4.78, 5) is 24.8. The normalized spacial score (nSPS) is 21.4. The number of aromatic carboxylic acids is 1. The number of urea groups is 1. The summed E-state index contributed by atoms with van der Waals surface area (Å²) in [6.45, 7) is 5.55. The lowest BCUT2D eigenvalue weighted by Crippen LogP contribution is -2.33. The molecule has 0 bridgehead atoms. The van der Waals surface area contributed by atoms with Gasteiger partial charge in [-0.15, -0.1) is 0 Å². The second kappa shape index (κ2) is 6.12. The van der Waals surface area contributed by atoms with Crippen LogP contribution >= 0.6 is 23.2 Å². The van der Waals surface area contributed by atoms with E-state index in [0.29, 0.717) is 24.9 Å². The third kappa shape index (κ3) is 3.41. The van der Waals surface area contributed by atoms with Crippen molar-refractivity contribution in [2.45, 2.75) is 13.8 Å². The second-order valence-electron chi connectivity index (χ2n) is 5.41. The van der Waals surface area contributed by atoms with Crippen molar-refractivity contribution in [3.05, 3.63) is 27.7 Å². The smallest absolute Gasteiger partial charge is 0.335 e. The molecule has 2 atom stereocenters. The number of amides is 2. The number of nitrogens with one attached hydrogen (secondary N) is 1. The number of carboxylic acids is 1. The van der Waals surface area contributed by atoms with Crippen LogP contribution in [0, 0.1) is 11.8 Å². The van der Waals surface area contributed by atoms with Crippen molar-refractivity contribution < 1.29 is 14.7 Å². The molecule has 1 aromatic rings. The molecule has 114 valence electrons. The van der Waals surface area contributed by atoms with Gasteiger partial charge in [0.15, 0.2) is 0 Å². The minimum atomic E-state index is -1.13. The average molecular weight is 331 g/mol. The third-order valence-corrected chi connectivity index (χ3v) is 4.39. The average Bonchev–Trinajstić information content (AvgIpc) is 2.73. The molecule has 7 heteroatoms. The van der Waals surface area contributed by atoms with E-state index in [1.54, 1.807) is 4.90 Å². The van der Waals surface area contributed by atoms with Crippen molar-refractivity contribution in [1.29, 1.82) is 0 Å². The molecule has 0 radical (unpaired) electrons. The lowest BCUT2D eigenvalue weighted by molar-refractivity contribution is 0.0697. The van der Waals surface area contributed by atoms with E-state index in [2.05, 4.69) is 19.2 Å². The zero-order valence-corrected chi connectivity index (χ0v) is 13.2. The summed E-state index contributed by atoms with van der Waals surface area (Å²) < 4.78 is 0. The highest BCUT2D eigenvalue weighted by Crippen LogP contribution is 2.33. The predicted octanol–water partition coefficient (Wildman–Crippen LogP) is 3.81. The van der Waals surface area contributed by atoms with Crippen LogP contribution in [0.5, 0.6) is 0 Å². The summed E-state index contributed by atoms with van der Waals surface area (Å²) >= 11 is 12.0. The fraction of sp³-hybridized carbons (Fsp3) is 0.429. The first-order valence-corrected chi connectivity index (χ1v) is 7.33. The van der Waals surface area contributed by atoms with Crippen LogP contribution in [0.25, 0.3) is 0 Å². The standard InChI is InChI=1S/C14H16Cl2N2O3/c1-7-5-18(6-8(7)2)14(21)17-12-10(15)3-9(13(19)20)4-11(12)16/h3-4,7-8H,5-6H2,1-2H3,(H,17,21)(H,19,20). The van der Waals surface area contributed by atoms with E-state index in [9.17, 15) is 9.59 Å². The number of carboxylic acid groups (broad SMARTS) is 1. The van der Waals surface area contributed by atoms with Crippen LogP contribution in [-0.4, -0.2) is 35.1 Å². The van der Waals surface area contributed by atoms with E-state index in [1.807, 2.05) is 0 Å². The minimum absolute atomic E-state index is 0.0218. The number of hydrogen-bond acceptors (Lipinski definition) is 2. The van der Waals surface area contributed by atoms with Crippen LogP contribution < -0.4 is 5.32 Å². The number of carbonyl (C=O) groups excluding carboxylic acids is 1. The molecule has 1 aliphatic heterocycles. The number of nitrogens with zero attached hydrogens (tertiary/aromatic N) is 1. The van der Waals surface area contributed by atoms with Crippen molar-refractivity contribution >= 4 is 40.9 Å². The summed E-state index contributed by atoms with van der Waals surface area (Å²) in [7, 11) is 0. The molecule has 2 unspecified atom stereocenters. The lowest BCUT2D eigenvalue weighted by Gasteiger charge is -2.18. The Morgan fingerprint density at radius 1 is 1.19 bits per heavy atom. The van der Waals surface area contributed by atoms with E-state index >= 15 is 0 Å². The van der Waals surface area contributed by atoms with Crippen molar-refractivity contribution in [2.75, 3.05) is 18.4 Å². The monoisotopic (exact) mass is 330 g/mol. The van der Waals surface area contributed by atoms with Crippen LogP contribution in [0.4, 0.5) is 10.5 Å². The number of hydrogen-bond donors (Lipinski definition) is 2. The van der Waals surface area contributed by atoms with Gasteiger partial charge in [0.05, 0.1) is 21.3 Å². The molecular formula is C14H16Cl2N2O3. The molecule has 1 saturated heterocycles. The summed E-state index contributed by atoms with van der Waals surface area (Å²) in [5.74, 6) is -0.244. The quantitative estimate of drug-likeness (QED) is 0.866. The number of anilines is 1. The molecule has 0 aliphatic carbocycles. The zero-order valence-electron chi connectivity index (χ0n) is 11.7. The van der Waals surface area contributed by atoms with Gasteiger partial charge in [0.25, 0.3) is 0 Å². The molecule has 0 saturated carbocycles. The first kappa shape index (κ1) is 15.9. The summed E-state index contributed by atoms with van der Waals surface area (Å²) in [5, 5.41) is 11.8. The summed E-state index contributed by atoms with van der Waals surface area (Å²) in [6, 6.07) is 2.25. The molecule has 1 aliphatic rings. The van der Waals surface area contributed by atoms with E-state index in [0.717, 1.165) is 0 Å². The minimum Gasteiger partial charge on any atom is -0.478 e. The molecule has 2 rings (SSSR count).